The van der Waals surface area contributed by atoms with E-state index in [-0.39, 0.29) is 6.10 Å². The summed E-state index contributed by atoms with van der Waals surface area (Å²) in [5.41, 5.74) is 0.633. The van der Waals surface area contributed by atoms with Crippen LogP contribution in [-0.2, 0) is 0 Å². The molecule has 20 heavy (non-hydrogen) atoms. The van der Waals surface area contributed by atoms with E-state index in [1.165, 1.54) is 38.8 Å². The van der Waals surface area contributed by atoms with Crippen molar-refractivity contribution >= 4 is 6.29 Å². The van der Waals surface area contributed by atoms with Crippen molar-refractivity contribution in [3.63, 3.8) is 0 Å². The average molecular weight is 275 g/mol. The minimum Gasteiger partial charge on any atom is -0.490 e. The highest BCUT2D eigenvalue weighted by atomic mass is 16.5. The van der Waals surface area contributed by atoms with Crippen LogP contribution in [-0.4, -0.2) is 36.9 Å². The van der Waals surface area contributed by atoms with E-state index in [1.807, 2.05) is 18.2 Å². The normalized spacial score (nSPS) is 18.2. The van der Waals surface area contributed by atoms with Gasteiger partial charge in [0.15, 0.2) is 6.29 Å². The molecule has 0 spiro atoms. The maximum atomic E-state index is 11.0. The molecule has 1 aliphatic heterocycles. The molecule has 0 amide bonds. The van der Waals surface area contributed by atoms with Gasteiger partial charge in [0.25, 0.3) is 0 Å². The first-order valence-corrected chi connectivity index (χ1v) is 7.73. The van der Waals surface area contributed by atoms with Crippen molar-refractivity contribution in [2.75, 3.05) is 19.6 Å². The molecule has 1 heterocycles. The van der Waals surface area contributed by atoms with Crippen LogP contribution in [0, 0.1) is 0 Å². The van der Waals surface area contributed by atoms with E-state index in [0.717, 1.165) is 19.3 Å². The average Bonchev–Trinajstić information content (AvgIpc) is 2.74. The summed E-state index contributed by atoms with van der Waals surface area (Å²) in [5.74, 6) is 0.700. The number of para-hydroxylation sites is 1. The lowest BCUT2D eigenvalue weighted by Crippen LogP contribution is -2.29. The van der Waals surface area contributed by atoms with Gasteiger partial charge < -0.3 is 9.64 Å². The molecule has 1 aromatic carbocycles. The summed E-state index contributed by atoms with van der Waals surface area (Å²) in [6.45, 7) is 5.61. The molecule has 2 rings (SSSR count). The van der Waals surface area contributed by atoms with Gasteiger partial charge in [-0.15, -0.1) is 0 Å². The quantitative estimate of drug-likeness (QED) is 0.744. The molecule has 0 saturated carbocycles. The van der Waals surface area contributed by atoms with Crippen LogP contribution in [0.25, 0.3) is 0 Å². The number of likely N-dealkylation sites (tertiary alicyclic amines) is 1. The summed E-state index contributed by atoms with van der Waals surface area (Å²) in [4.78, 5) is 13.5. The Balaban J connectivity index is 1.79. The minimum absolute atomic E-state index is 0.138. The topological polar surface area (TPSA) is 29.5 Å². The van der Waals surface area contributed by atoms with Gasteiger partial charge in [-0.05, 0) is 51.4 Å². The fourth-order valence-electron chi connectivity index (χ4n) is 2.69. The number of benzene rings is 1. The monoisotopic (exact) mass is 275 g/mol. The molecule has 1 aliphatic rings. The summed E-state index contributed by atoms with van der Waals surface area (Å²) in [7, 11) is 0. The maximum absolute atomic E-state index is 11.0. The third-order valence-electron chi connectivity index (χ3n) is 3.92. The van der Waals surface area contributed by atoms with Crippen LogP contribution in [0.1, 0.15) is 49.4 Å². The third kappa shape index (κ3) is 4.64. The number of ether oxygens (including phenoxy) is 1. The smallest absolute Gasteiger partial charge is 0.153 e. The van der Waals surface area contributed by atoms with Gasteiger partial charge in [0.2, 0.25) is 0 Å². The van der Waals surface area contributed by atoms with E-state index in [4.69, 9.17) is 4.74 Å². The molecule has 0 radical (unpaired) electrons. The minimum atomic E-state index is 0.138. The zero-order chi connectivity index (χ0) is 14.2. The largest absolute Gasteiger partial charge is 0.490 e. The molecule has 0 bridgehead atoms. The lowest BCUT2D eigenvalue weighted by Gasteiger charge is -2.22. The van der Waals surface area contributed by atoms with Crippen molar-refractivity contribution in [2.24, 2.45) is 0 Å². The van der Waals surface area contributed by atoms with Gasteiger partial charge in [0.1, 0.15) is 5.75 Å². The van der Waals surface area contributed by atoms with Crippen LogP contribution in [0.4, 0.5) is 0 Å². The Morgan fingerprint density at radius 2 is 1.90 bits per heavy atom. The standard InChI is InChI=1S/C17H25NO2/c1-15(10-13-18-11-6-2-3-7-12-18)20-17-9-5-4-8-16(17)14-19/h4-5,8-9,14-15H,2-3,6-7,10-13H2,1H3. The third-order valence-corrected chi connectivity index (χ3v) is 3.92. The Kier molecular flexibility index (Phi) is 6.06. The van der Waals surface area contributed by atoms with E-state index in [0.29, 0.717) is 11.3 Å². The summed E-state index contributed by atoms with van der Waals surface area (Å²) >= 11 is 0. The molecule has 1 unspecified atom stereocenters. The number of nitrogens with zero attached hydrogens (tertiary/aromatic N) is 1. The van der Waals surface area contributed by atoms with Crippen molar-refractivity contribution in [3.05, 3.63) is 29.8 Å². The zero-order valence-electron chi connectivity index (χ0n) is 12.4. The number of carbonyl (C=O) groups is 1. The van der Waals surface area contributed by atoms with Crippen LogP contribution in [0.15, 0.2) is 24.3 Å². The highest BCUT2D eigenvalue weighted by molar-refractivity contribution is 5.79. The summed E-state index contributed by atoms with van der Waals surface area (Å²) in [6, 6.07) is 7.43. The predicted molar refractivity (Wildman–Crippen MR) is 81.4 cm³/mol. The first-order valence-electron chi connectivity index (χ1n) is 7.73. The molecule has 0 aliphatic carbocycles. The number of rotatable bonds is 6. The molecule has 3 nitrogen and oxygen atoms in total. The van der Waals surface area contributed by atoms with Gasteiger partial charge >= 0.3 is 0 Å². The first-order chi connectivity index (χ1) is 9.79. The Bertz CT molecular complexity index is 411. The molecular weight excluding hydrogens is 250 g/mol. The molecule has 1 aromatic rings. The molecule has 1 atom stereocenters. The van der Waals surface area contributed by atoms with E-state index in [2.05, 4.69) is 11.8 Å². The van der Waals surface area contributed by atoms with Gasteiger partial charge in [0, 0.05) is 6.54 Å². The Morgan fingerprint density at radius 3 is 2.60 bits per heavy atom. The summed E-state index contributed by atoms with van der Waals surface area (Å²) < 4.78 is 5.90. The van der Waals surface area contributed by atoms with Gasteiger partial charge in [-0.25, -0.2) is 0 Å². The van der Waals surface area contributed by atoms with Crippen LogP contribution < -0.4 is 4.74 Å². The molecule has 1 fully saturated rings. The maximum Gasteiger partial charge on any atom is 0.153 e. The molecule has 0 N–H and O–H groups in total. The van der Waals surface area contributed by atoms with Gasteiger partial charge in [-0.1, -0.05) is 25.0 Å². The fraction of sp³-hybridized carbons (Fsp3) is 0.588. The van der Waals surface area contributed by atoms with Crippen LogP contribution in [0.5, 0.6) is 5.75 Å². The number of carbonyl (C=O) groups excluding carboxylic acids is 1. The second-order valence-electron chi connectivity index (χ2n) is 5.63. The van der Waals surface area contributed by atoms with Gasteiger partial charge in [-0.2, -0.15) is 0 Å². The lowest BCUT2D eigenvalue weighted by atomic mass is 10.2. The zero-order valence-corrected chi connectivity index (χ0v) is 12.4. The van der Waals surface area contributed by atoms with E-state index < -0.39 is 0 Å². The summed E-state index contributed by atoms with van der Waals surface area (Å²) in [5, 5.41) is 0. The molecule has 3 heteroatoms. The number of hydrogen-bond acceptors (Lipinski definition) is 3. The van der Waals surface area contributed by atoms with Crippen LogP contribution >= 0.6 is 0 Å². The molecular formula is C17H25NO2. The van der Waals surface area contributed by atoms with Crippen LogP contribution in [0.2, 0.25) is 0 Å². The SMILES string of the molecule is CC(CCN1CCCCCC1)Oc1ccccc1C=O. The van der Waals surface area contributed by atoms with E-state index in [1.54, 1.807) is 6.07 Å². The highest BCUT2D eigenvalue weighted by Gasteiger charge is 2.12. The number of hydrogen-bond donors (Lipinski definition) is 0. The first kappa shape index (κ1) is 15.0. The highest BCUT2D eigenvalue weighted by Crippen LogP contribution is 2.18. The lowest BCUT2D eigenvalue weighted by molar-refractivity contribution is 0.111. The fourth-order valence-corrected chi connectivity index (χ4v) is 2.69. The molecule has 0 aromatic heterocycles. The number of aldehydes is 1. The second-order valence-corrected chi connectivity index (χ2v) is 5.63. The van der Waals surface area contributed by atoms with Gasteiger partial charge in [0.05, 0.1) is 11.7 Å². The predicted octanol–water partition coefficient (Wildman–Crippen LogP) is 3.53. The van der Waals surface area contributed by atoms with E-state index >= 15 is 0 Å². The van der Waals surface area contributed by atoms with Crippen LogP contribution in [0.3, 0.4) is 0 Å². The van der Waals surface area contributed by atoms with Crippen molar-refractivity contribution in [3.8, 4) is 5.75 Å². The molecule has 110 valence electrons. The van der Waals surface area contributed by atoms with E-state index in [9.17, 15) is 4.79 Å². The second kappa shape index (κ2) is 8.05. The van der Waals surface area contributed by atoms with Crippen molar-refractivity contribution in [2.45, 2.75) is 45.1 Å². The van der Waals surface area contributed by atoms with Crippen molar-refractivity contribution in [1.29, 1.82) is 0 Å². The molecule has 1 saturated heterocycles. The van der Waals surface area contributed by atoms with Crippen molar-refractivity contribution < 1.29 is 9.53 Å². The Morgan fingerprint density at radius 1 is 1.20 bits per heavy atom. The van der Waals surface area contributed by atoms with Gasteiger partial charge in [-0.3, -0.25) is 4.79 Å². The Hall–Kier alpha value is -1.35. The summed E-state index contributed by atoms with van der Waals surface area (Å²) in [6.07, 6.45) is 7.39. The Labute approximate surface area is 121 Å². The van der Waals surface area contributed by atoms with Crippen molar-refractivity contribution in [1.82, 2.24) is 4.90 Å².